The van der Waals surface area contributed by atoms with Crippen LogP contribution < -0.4 is 10.1 Å². The van der Waals surface area contributed by atoms with E-state index >= 15 is 0 Å². The van der Waals surface area contributed by atoms with Crippen LogP contribution in [0, 0.1) is 11.3 Å². The van der Waals surface area contributed by atoms with Crippen molar-refractivity contribution in [3.8, 4) is 5.75 Å². The van der Waals surface area contributed by atoms with Gasteiger partial charge in [-0.25, -0.2) is 0 Å². The van der Waals surface area contributed by atoms with Crippen molar-refractivity contribution in [2.45, 2.75) is 25.7 Å². The van der Waals surface area contributed by atoms with E-state index < -0.39 is 11.4 Å². The van der Waals surface area contributed by atoms with Gasteiger partial charge >= 0.3 is 5.97 Å². The predicted molar refractivity (Wildman–Crippen MR) is 93.7 cm³/mol. The van der Waals surface area contributed by atoms with E-state index in [0.29, 0.717) is 25.3 Å². The number of carbonyl (C=O) groups excluding carboxylic acids is 2. The Balaban J connectivity index is 1.62. The molecule has 1 aliphatic heterocycles. The fraction of sp³-hybridized carbons (Fsp3) is 0.526. The maximum absolute atomic E-state index is 12.7. The number of nitrogens with zero attached hydrogens (tertiary/aromatic N) is 1. The molecule has 7 nitrogen and oxygen atoms in total. The van der Waals surface area contributed by atoms with E-state index in [1.807, 2.05) is 6.07 Å². The van der Waals surface area contributed by atoms with Crippen LogP contribution in [0.15, 0.2) is 24.3 Å². The quantitative estimate of drug-likeness (QED) is 0.791. The van der Waals surface area contributed by atoms with Crippen molar-refractivity contribution in [2.75, 3.05) is 26.7 Å². The van der Waals surface area contributed by atoms with Crippen LogP contribution >= 0.6 is 0 Å². The summed E-state index contributed by atoms with van der Waals surface area (Å²) in [5.74, 6) is -0.484. The first-order valence-corrected chi connectivity index (χ1v) is 8.88. The Bertz CT molecular complexity index is 720. The lowest BCUT2D eigenvalue weighted by Gasteiger charge is -2.23. The summed E-state index contributed by atoms with van der Waals surface area (Å²) in [6.07, 6.45) is 2.64. The van der Waals surface area contributed by atoms with Crippen LogP contribution in [0.2, 0.25) is 0 Å². The second kappa shape index (κ2) is 7.35. The third kappa shape index (κ3) is 3.52. The first-order valence-electron chi connectivity index (χ1n) is 8.88. The summed E-state index contributed by atoms with van der Waals surface area (Å²) in [6.45, 7) is 0.750. The van der Waals surface area contributed by atoms with E-state index in [1.54, 1.807) is 23.1 Å². The van der Waals surface area contributed by atoms with Gasteiger partial charge in [-0.1, -0.05) is 18.6 Å². The Hall–Kier alpha value is -2.57. The highest BCUT2D eigenvalue weighted by molar-refractivity contribution is 5.83. The molecule has 1 saturated carbocycles. The van der Waals surface area contributed by atoms with E-state index in [4.69, 9.17) is 4.74 Å². The van der Waals surface area contributed by atoms with E-state index in [2.05, 4.69) is 5.32 Å². The number of fused-ring (bicyclic) bond motifs is 1. The second-order valence-corrected chi connectivity index (χ2v) is 7.11. The normalized spacial score (nSPS) is 24.2. The number of benzene rings is 1. The van der Waals surface area contributed by atoms with Gasteiger partial charge in [-0.2, -0.15) is 0 Å². The van der Waals surface area contributed by atoms with Crippen LogP contribution in [0.4, 0.5) is 0 Å². The summed E-state index contributed by atoms with van der Waals surface area (Å²) in [7, 11) is 1.54. The monoisotopic (exact) mass is 360 g/mol. The summed E-state index contributed by atoms with van der Waals surface area (Å²) in [6, 6.07) is 7.08. The van der Waals surface area contributed by atoms with Gasteiger partial charge < -0.3 is 20.1 Å². The lowest BCUT2D eigenvalue weighted by atomic mass is 9.81. The number of likely N-dealkylation sites (N-methyl/N-ethyl adjacent to an activating group) is 1. The fourth-order valence-corrected chi connectivity index (χ4v) is 4.08. The number of nitrogens with one attached hydrogen (secondary N) is 1. The van der Waals surface area contributed by atoms with Gasteiger partial charge in [0.2, 0.25) is 5.91 Å². The molecule has 2 fully saturated rings. The highest BCUT2D eigenvalue weighted by Gasteiger charge is 2.55. The van der Waals surface area contributed by atoms with Gasteiger partial charge in [-0.3, -0.25) is 14.4 Å². The molecule has 26 heavy (non-hydrogen) atoms. The zero-order chi connectivity index (χ0) is 18.7. The maximum atomic E-state index is 12.7. The molecule has 0 unspecified atom stereocenters. The molecule has 1 heterocycles. The largest absolute Gasteiger partial charge is 0.484 e. The van der Waals surface area contributed by atoms with Crippen molar-refractivity contribution in [3.63, 3.8) is 0 Å². The Morgan fingerprint density at radius 1 is 1.38 bits per heavy atom. The molecule has 2 aliphatic rings. The molecule has 0 radical (unpaired) electrons. The Morgan fingerprint density at radius 2 is 2.19 bits per heavy atom. The minimum Gasteiger partial charge on any atom is -0.484 e. The molecule has 0 spiro atoms. The van der Waals surface area contributed by atoms with Crippen molar-refractivity contribution in [1.82, 2.24) is 10.2 Å². The standard InChI is InChI=1S/C19H24N2O5/c1-20-16(22)11-26-15-6-2-4-13(8-15)9-17(23)21-10-14-5-3-7-19(14,12-21)18(24)25/h2,4,6,8,14H,3,5,7,9-12H2,1H3,(H,20,22)(H,24,25)/t14-,19+/m0/s1. The maximum Gasteiger partial charge on any atom is 0.311 e. The number of carboxylic acid groups (broad SMARTS) is 1. The third-order valence-electron chi connectivity index (χ3n) is 5.55. The van der Waals surface area contributed by atoms with Crippen molar-refractivity contribution < 1.29 is 24.2 Å². The van der Waals surface area contributed by atoms with Crippen LogP contribution in [-0.2, 0) is 20.8 Å². The highest BCUT2D eigenvalue weighted by atomic mass is 16.5. The van der Waals surface area contributed by atoms with Crippen molar-refractivity contribution in [3.05, 3.63) is 29.8 Å². The molecule has 0 aromatic heterocycles. The van der Waals surface area contributed by atoms with Gasteiger partial charge in [0.15, 0.2) is 6.61 Å². The average Bonchev–Trinajstić information content (AvgIpc) is 3.18. The van der Waals surface area contributed by atoms with Gasteiger partial charge in [0.05, 0.1) is 11.8 Å². The van der Waals surface area contributed by atoms with Crippen LogP contribution in [0.5, 0.6) is 5.75 Å². The van der Waals surface area contributed by atoms with Crippen molar-refractivity contribution >= 4 is 17.8 Å². The fourth-order valence-electron chi connectivity index (χ4n) is 4.08. The van der Waals surface area contributed by atoms with Crippen LogP contribution in [-0.4, -0.2) is 54.5 Å². The molecule has 0 bridgehead atoms. The molecule has 2 amide bonds. The lowest BCUT2D eigenvalue weighted by Crippen LogP contribution is -2.37. The number of ether oxygens (including phenoxy) is 1. The molecule has 2 N–H and O–H groups in total. The molecule has 7 heteroatoms. The summed E-state index contributed by atoms with van der Waals surface area (Å²) < 4.78 is 5.40. The molecule has 140 valence electrons. The lowest BCUT2D eigenvalue weighted by molar-refractivity contribution is -0.149. The Morgan fingerprint density at radius 3 is 2.88 bits per heavy atom. The Labute approximate surface area is 152 Å². The minimum absolute atomic E-state index is 0.0613. The second-order valence-electron chi connectivity index (χ2n) is 7.11. The molecule has 1 aromatic rings. The summed E-state index contributed by atoms with van der Waals surface area (Å²) in [5.41, 5.74) is 0.0274. The number of likely N-dealkylation sites (tertiary alicyclic amines) is 1. The zero-order valence-corrected chi connectivity index (χ0v) is 14.9. The highest BCUT2D eigenvalue weighted by Crippen LogP contribution is 2.48. The predicted octanol–water partition coefficient (Wildman–Crippen LogP) is 1.07. The summed E-state index contributed by atoms with van der Waals surface area (Å²) in [5, 5.41) is 12.1. The summed E-state index contributed by atoms with van der Waals surface area (Å²) >= 11 is 0. The minimum atomic E-state index is -0.778. The SMILES string of the molecule is CNC(=O)COc1cccc(CC(=O)N2C[C@@H]3CCC[C@@]3(C(=O)O)C2)c1. The first kappa shape index (κ1) is 18.2. The molecule has 1 aromatic carbocycles. The topological polar surface area (TPSA) is 95.9 Å². The zero-order valence-electron chi connectivity index (χ0n) is 14.9. The van der Waals surface area contributed by atoms with Crippen molar-refractivity contribution in [2.24, 2.45) is 11.3 Å². The van der Waals surface area contributed by atoms with Gasteiger partial charge in [-0.15, -0.1) is 0 Å². The number of aliphatic carboxylic acids is 1. The molecular weight excluding hydrogens is 336 g/mol. The third-order valence-corrected chi connectivity index (χ3v) is 5.55. The van der Waals surface area contributed by atoms with E-state index in [0.717, 1.165) is 18.4 Å². The number of carbonyl (C=O) groups is 3. The average molecular weight is 360 g/mol. The smallest absolute Gasteiger partial charge is 0.311 e. The number of hydrogen-bond donors (Lipinski definition) is 2. The van der Waals surface area contributed by atoms with Crippen LogP contribution in [0.1, 0.15) is 24.8 Å². The number of rotatable bonds is 6. The number of carboxylic acids is 1. The number of amides is 2. The molecule has 3 rings (SSSR count). The molecular formula is C19H24N2O5. The molecule has 1 saturated heterocycles. The van der Waals surface area contributed by atoms with Gasteiger partial charge in [0.1, 0.15) is 5.75 Å². The molecule has 1 aliphatic carbocycles. The van der Waals surface area contributed by atoms with Gasteiger partial charge in [0.25, 0.3) is 5.91 Å². The summed E-state index contributed by atoms with van der Waals surface area (Å²) in [4.78, 5) is 37.4. The first-order chi connectivity index (χ1) is 12.4. The van der Waals surface area contributed by atoms with E-state index in [1.165, 1.54) is 7.05 Å². The van der Waals surface area contributed by atoms with Crippen molar-refractivity contribution in [1.29, 1.82) is 0 Å². The van der Waals surface area contributed by atoms with E-state index in [9.17, 15) is 19.5 Å². The van der Waals surface area contributed by atoms with Gasteiger partial charge in [0, 0.05) is 20.1 Å². The van der Waals surface area contributed by atoms with Crippen LogP contribution in [0.3, 0.4) is 0 Å². The Kier molecular flexibility index (Phi) is 5.15. The van der Waals surface area contributed by atoms with Crippen LogP contribution in [0.25, 0.3) is 0 Å². The molecule has 2 atom stereocenters. The van der Waals surface area contributed by atoms with E-state index in [-0.39, 0.29) is 30.8 Å². The number of hydrogen-bond acceptors (Lipinski definition) is 4. The van der Waals surface area contributed by atoms with Gasteiger partial charge in [-0.05, 0) is 36.5 Å².